The van der Waals surface area contributed by atoms with E-state index in [9.17, 15) is 0 Å². The summed E-state index contributed by atoms with van der Waals surface area (Å²) in [6, 6.07) is 10.1. The van der Waals surface area contributed by atoms with E-state index in [0.717, 1.165) is 24.4 Å². The third kappa shape index (κ3) is 4.15. The molecular weight excluding hydrogens is 238 g/mol. The van der Waals surface area contributed by atoms with Gasteiger partial charge in [0.2, 0.25) is 0 Å². The summed E-state index contributed by atoms with van der Waals surface area (Å²) in [4.78, 5) is 2.13. The monoisotopic (exact) mass is 261 g/mol. The fourth-order valence-electron chi connectivity index (χ4n) is 2.01. The molecule has 4 nitrogen and oxygen atoms in total. The van der Waals surface area contributed by atoms with Crippen LogP contribution in [0.1, 0.15) is 26.2 Å². The van der Waals surface area contributed by atoms with Gasteiger partial charge >= 0.3 is 0 Å². The van der Waals surface area contributed by atoms with Gasteiger partial charge in [0.15, 0.2) is 0 Å². The lowest BCUT2D eigenvalue weighted by Crippen LogP contribution is -2.38. The number of hydrogen-bond acceptors (Lipinski definition) is 4. The van der Waals surface area contributed by atoms with Crippen LogP contribution in [-0.4, -0.2) is 26.2 Å². The molecule has 0 spiro atoms. The van der Waals surface area contributed by atoms with Gasteiger partial charge in [-0.3, -0.25) is 0 Å². The maximum absolute atomic E-state index is 9.04. The second-order valence-electron chi connectivity index (χ2n) is 4.82. The Labute approximate surface area is 115 Å². The van der Waals surface area contributed by atoms with Crippen LogP contribution in [0.15, 0.2) is 24.3 Å². The predicted octanol–water partition coefficient (Wildman–Crippen LogP) is 2.54. The van der Waals surface area contributed by atoms with Crippen molar-refractivity contribution in [3.63, 3.8) is 0 Å². The zero-order valence-corrected chi connectivity index (χ0v) is 12.0. The lowest BCUT2D eigenvalue weighted by atomic mass is 9.93. The summed E-state index contributed by atoms with van der Waals surface area (Å²) in [5.41, 5.74) is 6.34. The molecule has 1 aromatic carbocycles. The molecule has 1 atom stereocenters. The molecule has 0 amide bonds. The third-order valence-electron chi connectivity index (χ3n) is 3.47. The number of para-hydroxylation sites is 2. The van der Waals surface area contributed by atoms with Crippen molar-refractivity contribution in [1.82, 2.24) is 0 Å². The summed E-state index contributed by atoms with van der Waals surface area (Å²) >= 11 is 0. The van der Waals surface area contributed by atoms with Crippen LogP contribution in [0.25, 0.3) is 0 Å². The minimum atomic E-state index is -0.693. The SMILES string of the molecule is CCC(N)(C#N)CCCN(C)c1ccccc1OC. The van der Waals surface area contributed by atoms with Crippen LogP contribution in [0.3, 0.4) is 0 Å². The van der Waals surface area contributed by atoms with Crippen LogP contribution in [0.2, 0.25) is 0 Å². The van der Waals surface area contributed by atoms with Gasteiger partial charge in [-0.15, -0.1) is 0 Å². The molecule has 0 saturated heterocycles. The number of nitrogens with two attached hydrogens (primary N) is 1. The highest BCUT2D eigenvalue weighted by molar-refractivity contribution is 5.57. The quantitative estimate of drug-likeness (QED) is 0.819. The van der Waals surface area contributed by atoms with Gasteiger partial charge < -0.3 is 15.4 Å². The summed E-state index contributed by atoms with van der Waals surface area (Å²) < 4.78 is 5.34. The number of nitriles is 1. The number of rotatable bonds is 7. The van der Waals surface area contributed by atoms with Gasteiger partial charge in [-0.2, -0.15) is 5.26 Å². The summed E-state index contributed by atoms with van der Waals surface area (Å²) in [7, 11) is 3.69. The highest BCUT2D eigenvalue weighted by Gasteiger charge is 2.21. The molecule has 2 N–H and O–H groups in total. The van der Waals surface area contributed by atoms with Crippen LogP contribution >= 0.6 is 0 Å². The lowest BCUT2D eigenvalue weighted by Gasteiger charge is -2.24. The second-order valence-corrected chi connectivity index (χ2v) is 4.82. The Morgan fingerprint density at radius 2 is 2.11 bits per heavy atom. The van der Waals surface area contributed by atoms with Crippen molar-refractivity contribution in [2.75, 3.05) is 25.6 Å². The summed E-state index contributed by atoms with van der Waals surface area (Å²) in [5.74, 6) is 0.861. The van der Waals surface area contributed by atoms with Crippen LogP contribution in [0.5, 0.6) is 5.75 Å². The summed E-state index contributed by atoms with van der Waals surface area (Å²) in [6.07, 6.45) is 2.27. The first-order valence-corrected chi connectivity index (χ1v) is 6.60. The van der Waals surface area contributed by atoms with Crippen molar-refractivity contribution in [3.8, 4) is 11.8 Å². The largest absolute Gasteiger partial charge is 0.495 e. The first-order chi connectivity index (χ1) is 9.06. The maximum Gasteiger partial charge on any atom is 0.142 e. The van der Waals surface area contributed by atoms with E-state index in [1.807, 2.05) is 38.2 Å². The molecule has 0 saturated carbocycles. The Kier molecular flexibility index (Phi) is 5.65. The highest BCUT2D eigenvalue weighted by Crippen LogP contribution is 2.27. The summed E-state index contributed by atoms with van der Waals surface area (Å²) in [5, 5.41) is 9.04. The first-order valence-electron chi connectivity index (χ1n) is 6.60. The van der Waals surface area contributed by atoms with E-state index in [1.165, 1.54) is 0 Å². The van der Waals surface area contributed by atoms with E-state index in [2.05, 4.69) is 11.0 Å². The molecule has 19 heavy (non-hydrogen) atoms. The smallest absolute Gasteiger partial charge is 0.142 e. The number of nitrogens with zero attached hydrogens (tertiary/aromatic N) is 2. The summed E-state index contributed by atoms with van der Waals surface area (Å²) in [6.45, 7) is 2.80. The molecule has 0 fully saturated rings. The highest BCUT2D eigenvalue weighted by atomic mass is 16.5. The molecule has 0 heterocycles. The molecule has 104 valence electrons. The molecule has 0 radical (unpaired) electrons. The van der Waals surface area contributed by atoms with Crippen LogP contribution in [0.4, 0.5) is 5.69 Å². The Morgan fingerprint density at radius 1 is 1.42 bits per heavy atom. The normalized spacial score (nSPS) is 13.4. The van der Waals surface area contributed by atoms with Crippen molar-refractivity contribution in [3.05, 3.63) is 24.3 Å². The maximum atomic E-state index is 9.04. The van der Waals surface area contributed by atoms with E-state index in [1.54, 1.807) is 7.11 Å². The molecule has 1 rings (SSSR count). The van der Waals surface area contributed by atoms with Crippen molar-refractivity contribution in [2.45, 2.75) is 31.7 Å². The predicted molar refractivity (Wildman–Crippen MR) is 78.3 cm³/mol. The van der Waals surface area contributed by atoms with Crippen molar-refractivity contribution in [1.29, 1.82) is 5.26 Å². The zero-order chi connectivity index (χ0) is 14.3. The lowest BCUT2D eigenvalue weighted by molar-refractivity contribution is 0.414. The fourth-order valence-corrected chi connectivity index (χ4v) is 2.01. The van der Waals surface area contributed by atoms with Crippen molar-refractivity contribution < 1.29 is 4.74 Å². The third-order valence-corrected chi connectivity index (χ3v) is 3.47. The van der Waals surface area contributed by atoms with E-state index in [4.69, 9.17) is 15.7 Å². The molecule has 0 aliphatic rings. The molecule has 0 aromatic heterocycles. The molecule has 0 bridgehead atoms. The average molecular weight is 261 g/mol. The standard InChI is InChI=1S/C15H23N3O/c1-4-15(17,12-16)10-7-11-18(2)13-8-5-6-9-14(13)19-3/h5-6,8-9H,4,7,10-11,17H2,1-3H3. The van der Waals surface area contributed by atoms with Gasteiger partial charge in [0.05, 0.1) is 18.9 Å². The number of methoxy groups -OCH3 is 1. The minimum absolute atomic E-state index is 0.682. The van der Waals surface area contributed by atoms with E-state index in [-0.39, 0.29) is 0 Å². The zero-order valence-electron chi connectivity index (χ0n) is 12.0. The van der Waals surface area contributed by atoms with Crippen molar-refractivity contribution >= 4 is 5.69 Å². The molecule has 0 aliphatic heterocycles. The molecular formula is C15H23N3O. The van der Waals surface area contributed by atoms with E-state index < -0.39 is 5.54 Å². The fraction of sp³-hybridized carbons (Fsp3) is 0.533. The van der Waals surface area contributed by atoms with Crippen LogP contribution < -0.4 is 15.4 Å². The molecule has 0 aliphatic carbocycles. The van der Waals surface area contributed by atoms with Crippen molar-refractivity contribution in [2.24, 2.45) is 5.73 Å². The number of hydrogen-bond donors (Lipinski definition) is 1. The van der Waals surface area contributed by atoms with Crippen LogP contribution in [0, 0.1) is 11.3 Å². The van der Waals surface area contributed by atoms with Gasteiger partial charge in [-0.05, 0) is 31.4 Å². The second kappa shape index (κ2) is 7.01. The van der Waals surface area contributed by atoms with Gasteiger partial charge in [0.25, 0.3) is 0 Å². The van der Waals surface area contributed by atoms with E-state index in [0.29, 0.717) is 12.8 Å². The van der Waals surface area contributed by atoms with Gasteiger partial charge in [-0.25, -0.2) is 0 Å². The van der Waals surface area contributed by atoms with Crippen LogP contribution in [-0.2, 0) is 0 Å². The van der Waals surface area contributed by atoms with Gasteiger partial charge in [-0.1, -0.05) is 19.1 Å². The topological polar surface area (TPSA) is 62.3 Å². The molecule has 1 unspecified atom stereocenters. The number of ether oxygens (including phenoxy) is 1. The Balaban J connectivity index is 2.57. The Hall–Kier alpha value is -1.73. The van der Waals surface area contributed by atoms with Gasteiger partial charge in [0, 0.05) is 13.6 Å². The Morgan fingerprint density at radius 3 is 2.68 bits per heavy atom. The average Bonchev–Trinajstić information content (AvgIpc) is 2.46. The molecule has 1 aromatic rings. The Bertz CT molecular complexity index is 441. The number of benzene rings is 1. The minimum Gasteiger partial charge on any atom is -0.495 e. The van der Waals surface area contributed by atoms with E-state index >= 15 is 0 Å². The van der Waals surface area contributed by atoms with Gasteiger partial charge in [0.1, 0.15) is 11.3 Å². The molecule has 4 heteroatoms. The number of anilines is 1. The first kappa shape index (κ1) is 15.3.